The lowest BCUT2D eigenvalue weighted by Gasteiger charge is -1.92. The number of thiocarbonyl (C=S) groups is 1. The Hall–Kier alpha value is -0.510. The van der Waals surface area contributed by atoms with E-state index in [-0.39, 0.29) is 6.17 Å². The molecule has 0 fully saturated rings. The highest BCUT2D eigenvalue weighted by atomic mass is 32.1. The number of hydrogen-bond donors (Lipinski definition) is 1. The summed E-state index contributed by atoms with van der Waals surface area (Å²) in [6.07, 6.45) is 0.0903. The molecule has 0 spiro atoms. The van der Waals surface area contributed by atoms with Gasteiger partial charge in [0, 0.05) is 0 Å². The SMILES string of the molecule is CC1N=NC(=S)N1. The van der Waals surface area contributed by atoms with Crippen molar-refractivity contribution in [1.82, 2.24) is 5.32 Å². The maximum Gasteiger partial charge on any atom is 0.215 e. The Bertz CT molecular complexity index is 119. The molecule has 0 radical (unpaired) electrons. The average Bonchev–Trinajstić information content (AvgIpc) is 1.87. The Kier molecular flexibility index (Phi) is 1.02. The lowest BCUT2D eigenvalue weighted by atomic mass is 10.6. The van der Waals surface area contributed by atoms with E-state index in [1.807, 2.05) is 6.92 Å². The molecule has 38 valence electrons. The van der Waals surface area contributed by atoms with E-state index < -0.39 is 0 Å². The quantitative estimate of drug-likeness (QED) is 0.471. The van der Waals surface area contributed by atoms with Crippen LogP contribution in [-0.4, -0.2) is 11.3 Å². The van der Waals surface area contributed by atoms with E-state index in [2.05, 4.69) is 27.8 Å². The van der Waals surface area contributed by atoms with Crippen LogP contribution in [0.25, 0.3) is 0 Å². The number of azo groups is 1. The number of nitrogens with one attached hydrogen (secondary N) is 1. The first-order valence-corrected chi connectivity index (χ1v) is 2.41. The van der Waals surface area contributed by atoms with Crippen LogP contribution in [0.2, 0.25) is 0 Å². The van der Waals surface area contributed by atoms with Gasteiger partial charge in [0.15, 0.2) is 0 Å². The number of rotatable bonds is 0. The lowest BCUT2D eigenvalue weighted by molar-refractivity contribution is 0.721. The summed E-state index contributed by atoms with van der Waals surface area (Å²) >= 11 is 4.62. The van der Waals surface area contributed by atoms with Crippen LogP contribution in [0.5, 0.6) is 0 Å². The van der Waals surface area contributed by atoms with Crippen molar-refractivity contribution in [3.63, 3.8) is 0 Å². The smallest absolute Gasteiger partial charge is 0.215 e. The van der Waals surface area contributed by atoms with Gasteiger partial charge in [-0.15, -0.1) is 5.11 Å². The molecule has 1 unspecified atom stereocenters. The van der Waals surface area contributed by atoms with E-state index in [0.717, 1.165) is 0 Å². The van der Waals surface area contributed by atoms with Crippen LogP contribution in [0.1, 0.15) is 6.92 Å². The largest absolute Gasteiger partial charge is 0.336 e. The zero-order valence-corrected chi connectivity index (χ0v) is 4.70. The zero-order valence-electron chi connectivity index (χ0n) is 3.88. The molecular weight excluding hydrogens is 110 g/mol. The summed E-state index contributed by atoms with van der Waals surface area (Å²) < 4.78 is 0. The van der Waals surface area contributed by atoms with Gasteiger partial charge < -0.3 is 5.32 Å². The minimum Gasteiger partial charge on any atom is -0.336 e. The van der Waals surface area contributed by atoms with Gasteiger partial charge in [0.1, 0.15) is 6.17 Å². The van der Waals surface area contributed by atoms with Crippen LogP contribution in [0.15, 0.2) is 10.2 Å². The maximum absolute atomic E-state index is 4.62. The molecule has 0 saturated carbocycles. The predicted molar refractivity (Wildman–Crippen MR) is 30.1 cm³/mol. The van der Waals surface area contributed by atoms with Gasteiger partial charge in [-0.1, -0.05) is 0 Å². The highest BCUT2D eigenvalue weighted by Gasteiger charge is 2.06. The van der Waals surface area contributed by atoms with Gasteiger partial charge in [-0.25, -0.2) is 0 Å². The molecule has 1 aliphatic rings. The Morgan fingerprint density at radius 1 is 1.86 bits per heavy atom. The molecule has 0 aromatic carbocycles. The molecule has 1 rings (SSSR count). The van der Waals surface area contributed by atoms with Gasteiger partial charge in [0.2, 0.25) is 5.11 Å². The molecule has 7 heavy (non-hydrogen) atoms. The molecule has 1 N–H and O–H groups in total. The first-order valence-electron chi connectivity index (χ1n) is 2.00. The van der Waals surface area contributed by atoms with E-state index in [0.29, 0.717) is 5.11 Å². The molecule has 0 bridgehead atoms. The molecular formula is C3H5N3S. The third-order valence-electron chi connectivity index (χ3n) is 0.654. The highest BCUT2D eigenvalue weighted by molar-refractivity contribution is 7.80. The van der Waals surface area contributed by atoms with Crippen molar-refractivity contribution in [2.45, 2.75) is 13.1 Å². The van der Waals surface area contributed by atoms with Gasteiger partial charge >= 0.3 is 0 Å². The van der Waals surface area contributed by atoms with Crippen molar-refractivity contribution in [3.8, 4) is 0 Å². The van der Waals surface area contributed by atoms with Crippen molar-refractivity contribution in [1.29, 1.82) is 0 Å². The summed E-state index contributed by atoms with van der Waals surface area (Å²) in [7, 11) is 0. The van der Waals surface area contributed by atoms with Gasteiger partial charge in [-0.2, -0.15) is 5.11 Å². The van der Waals surface area contributed by atoms with Crippen LogP contribution in [0.3, 0.4) is 0 Å². The topological polar surface area (TPSA) is 36.8 Å². The van der Waals surface area contributed by atoms with Crippen molar-refractivity contribution in [3.05, 3.63) is 0 Å². The Labute approximate surface area is 46.8 Å². The summed E-state index contributed by atoms with van der Waals surface area (Å²) in [5.74, 6) is 0. The average molecular weight is 115 g/mol. The lowest BCUT2D eigenvalue weighted by Crippen LogP contribution is -2.21. The van der Waals surface area contributed by atoms with Crippen molar-refractivity contribution in [2.75, 3.05) is 0 Å². The van der Waals surface area contributed by atoms with E-state index in [4.69, 9.17) is 0 Å². The number of nitrogens with zero attached hydrogens (tertiary/aromatic N) is 2. The Morgan fingerprint density at radius 3 is 2.71 bits per heavy atom. The standard InChI is InChI=1S/C3H5N3S/c1-2-4-3(7)6-5-2/h2H,1H3,(H,4,7). The summed E-state index contributed by atoms with van der Waals surface area (Å²) in [5.41, 5.74) is 0. The summed E-state index contributed by atoms with van der Waals surface area (Å²) in [6, 6.07) is 0. The van der Waals surface area contributed by atoms with Crippen molar-refractivity contribution in [2.24, 2.45) is 10.2 Å². The van der Waals surface area contributed by atoms with Gasteiger partial charge in [-0.3, -0.25) is 0 Å². The summed E-state index contributed by atoms with van der Waals surface area (Å²) in [6.45, 7) is 1.89. The highest BCUT2D eigenvalue weighted by Crippen LogP contribution is 1.95. The maximum atomic E-state index is 4.62. The second kappa shape index (κ2) is 1.54. The van der Waals surface area contributed by atoms with Gasteiger partial charge in [0.25, 0.3) is 0 Å². The first-order chi connectivity index (χ1) is 3.29. The summed E-state index contributed by atoms with van der Waals surface area (Å²) in [4.78, 5) is 0. The Morgan fingerprint density at radius 2 is 2.57 bits per heavy atom. The summed E-state index contributed by atoms with van der Waals surface area (Å²) in [5, 5.41) is 10.6. The fourth-order valence-corrected chi connectivity index (χ4v) is 0.593. The van der Waals surface area contributed by atoms with Crippen LogP contribution in [-0.2, 0) is 0 Å². The van der Waals surface area contributed by atoms with Crippen LogP contribution in [0, 0.1) is 0 Å². The third kappa shape index (κ3) is 0.928. The van der Waals surface area contributed by atoms with Crippen molar-refractivity contribution >= 4 is 17.3 Å². The second-order valence-electron chi connectivity index (χ2n) is 1.34. The molecule has 0 aliphatic carbocycles. The van der Waals surface area contributed by atoms with Crippen LogP contribution < -0.4 is 5.32 Å². The second-order valence-corrected chi connectivity index (χ2v) is 1.73. The van der Waals surface area contributed by atoms with Crippen LogP contribution >= 0.6 is 12.2 Å². The normalized spacial score (nSPS) is 28.1. The molecule has 1 heterocycles. The fraction of sp³-hybridized carbons (Fsp3) is 0.667. The first kappa shape index (κ1) is 4.64. The molecule has 3 nitrogen and oxygen atoms in total. The van der Waals surface area contributed by atoms with Gasteiger partial charge in [-0.05, 0) is 19.1 Å². The molecule has 0 saturated heterocycles. The molecule has 1 aliphatic heterocycles. The minimum absolute atomic E-state index is 0.0903. The molecule has 1 atom stereocenters. The minimum atomic E-state index is 0.0903. The fourth-order valence-electron chi connectivity index (χ4n) is 0.375. The van der Waals surface area contributed by atoms with Crippen molar-refractivity contribution < 1.29 is 0 Å². The van der Waals surface area contributed by atoms with Crippen LogP contribution in [0.4, 0.5) is 0 Å². The molecule has 0 aromatic heterocycles. The van der Waals surface area contributed by atoms with E-state index in [9.17, 15) is 0 Å². The molecule has 4 heteroatoms. The zero-order chi connectivity index (χ0) is 5.28. The molecule has 0 amide bonds. The van der Waals surface area contributed by atoms with E-state index in [1.165, 1.54) is 0 Å². The molecule has 0 aromatic rings. The van der Waals surface area contributed by atoms with E-state index >= 15 is 0 Å². The third-order valence-corrected chi connectivity index (χ3v) is 0.854. The number of hydrogen-bond acceptors (Lipinski definition) is 2. The monoisotopic (exact) mass is 115 g/mol. The predicted octanol–water partition coefficient (Wildman–Crippen LogP) is 0.673. The Balaban J connectivity index is 2.58. The van der Waals surface area contributed by atoms with Gasteiger partial charge in [0.05, 0.1) is 0 Å². The van der Waals surface area contributed by atoms with E-state index in [1.54, 1.807) is 0 Å².